The van der Waals surface area contributed by atoms with Crippen LogP contribution in [-0.4, -0.2) is 62.0 Å². The molecule has 0 radical (unpaired) electrons. The minimum Gasteiger partial charge on any atom is -0.334 e. The Hall–Kier alpha value is -3.84. The fourth-order valence-corrected chi connectivity index (χ4v) is 3.32. The maximum Gasteiger partial charge on any atom is 0.256 e. The van der Waals surface area contributed by atoms with Crippen LogP contribution in [0, 0.1) is 25.2 Å². The van der Waals surface area contributed by atoms with Crippen LogP contribution in [-0.2, 0) is 4.84 Å². The summed E-state index contributed by atoms with van der Waals surface area (Å²) in [5.74, 6) is 1.12. The predicted molar refractivity (Wildman–Crippen MR) is 107 cm³/mol. The first kappa shape index (κ1) is 19.5. The molecule has 0 aliphatic carbocycles. The van der Waals surface area contributed by atoms with Gasteiger partial charge in [0.05, 0.1) is 48.4 Å². The summed E-state index contributed by atoms with van der Waals surface area (Å²) in [6, 6.07) is 8.82. The van der Waals surface area contributed by atoms with E-state index in [1.807, 2.05) is 19.9 Å². The molecule has 1 fully saturated rings. The second kappa shape index (κ2) is 8.26. The number of hydroxylamine groups is 1. The Morgan fingerprint density at radius 3 is 2.63 bits per heavy atom. The molecule has 0 unspecified atom stereocenters. The number of hydrogen-bond donors (Lipinski definition) is 0. The Bertz CT molecular complexity index is 1090. The zero-order valence-electron chi connectivity index (χ0n) is 16.7. The molecular formula is C20H20N8O2. The van der Waals surface area contributed by atoms with Crippen LogP contribution in [0.1, 0.15) is 27.4 Å². The zero-order chi connectivity index (χ0) is 21.1. The van der Waals surface area contributed by atoms with Gasteiger partial charge in [-0.1, -0.05) is 0 Å². The summed E-state index contributed by atoms with van der Waals surface area (Å²) in [6.07, 6.45) is 3.08. The quantitative estimate of drug-likeness (QED) is 0.644. The number of aromatic nitrogens is 5. The highest BCUT2D eigenvalue weighted by atomic mass is 16.7. The summed E-state index contributed by atoms with van der Waals surface area (Å²) >= 11 is 0. The lowest BCUT2D eigenvalue weighted by Gasteiger charge is -2.22. The van der Waals surface area contributed by atoms with Gasteiger partial charge >= 0.3 is 0 Å². The van der Waals surface area contributed by atoms with E-state index in [9.17, 15) is 10.1 Å². The number of rotatable bonds is 3. The lowest BCUT2D eigenvalue weighted by atomic mass is 10.1. The van der Waals surface area contributed by atoms with Crippen molar-refractivity contribution in [1.82, 2.24) is 29.9 Å². The molecule has 0 saturated carbocycles. The molecule has 1 saturated heterocycles. The van der Waals surface area contributed by atoms with Crippen LogP contribution in [0.25, 0.3) is 5.69 Å². The second-order valence-corrected chi connectivity index (χ2v) is 6.80. The maximum atomic E-state index is 13.3. The van der Waals surface area contributed by atoms with E-state index in [1.54, 1.807) is 28.2 Å². The molecule has 4 rings (SSSR count). The van der Waals surface area contributed by atoms with Crippen LogP contribution >= 0.6 is 0 Å². The van der Waals surface area contributed by atoms with Crippen molar-refractivity contribution in [2.24, 2.45) is 0 Å². The van der Waals surface area contributed by atoms with Gasteiger partial charge in [-0.15, -0.1) is 0 Å². The Kier molecular flexibility index (Phi) is 5.36. The monoisotopic (exact) mass is 404 g/mol. The van der Waals surface area contributed by atoms with Crippen molar-refractivity contribution in [3.8, 4) is 11.8 Å². The molecule has 2 aromatic heterocycles. The van der Waals surface area contributed by atoms with E-state index >= 15 is 0 Å². The smallest absolute Gasteiger partial charge is 0.256 e. The van der Waals surface area contributed by atoms with E-state index in [1.165, 1.54) is 17.2 Å². The highest BCUT2D eigenvalue weighted by molar-refractivity contribution is 5.98. The van der Waals surface area contributed by atoms with Gasteiger partial charge in [0.25, 0.3) is 5.91 Å². The van der Waals surface area contributed by atoms with Gasteiger partial charge in [-0.25, -0.2) is 15.0 Å². The average Bonchev–Trinajstić information content (AvgIpc) is 3.16. The summed E-state index contributed by atoms with van der Waals surface area (Å²) in [4.78, 5) is 31.0. The van der Waals surface area contributed by atoms with E-state index in [-0.39, 0.29) is 5.91 Å². The normalized spacial score (nSPS) is 14.3. The third kappa shape index (κ3) is 3.97. The highest BCUT2D eigenvalue weighted by Crippen LogP contribution is 2.20. The standard InChI is InChI=1S/C20H20N8O2/c1-14-11-19(25-15(2)24-14)27-8-7-26(9-10-30-27)20(29)17-12-16(13-21)3-4-18(17)28-22-5-6-23-28/h3-6,11-12H,7-10H2,1-2H3. The predicted octanol–water partition coefficient (Wildman–Crippen LogP) is 1.44. The van der Waals surface area contributed by atoms with E-state index in [0.29, 0.717) is 54.7 Å². The molecular weight excluding hydrogens is 384 g/mol. The SMILES string of the molecule is Cc1cc(N2CCN(C(=O)c3cc(C#N)ccc3-n3nccn3)CCO2)nc(C)n1. The fourth-order valence-electron chi connectivity index (χ4n) is 3.32. The van der Waals surface area contributed by atoms with Gasteiger partial charge < -0.3 is 4.90 Å². The van der Waals surface area contributed by atoms with Crippen LogP contribution in [0.3, 0.4) is 0 Å². The van der Waals surface area contributed by atoms with Crippen LogP contribution in [0.4, 0.5) is 5.82 Å². The van der Waals surface area contributed by atoms with Crippen LogP contribution in [0.2, 0.25) is 0 Å². The molecule has 1 aromatic carbocycles. The van der Waals surface area contributed by atoms with Crippen LogP contribution in [0.5, 0.6) is 0 Å². The Morgan fingerprint density at radius 1 is 1.10 bits per heavy atom. The maximum absolute atomic E-state index is 13.3. The number of carbonyl (C=O) groups excluding carboxylic acids is 1. The summed E-state index contributed by atoms with van der Waals surface area (Å²) in [5.41, 5.74) is 2.14. The molecule has 1 aliphatic rings. The number of aryl methyl sites for hydroxylation is 2. The molecule has 0 spiro atoms. The third-order valence-corrected chi connectivity index (χ3v) is 4.67. The second-order valence-electron chi connectivity index (χ2n) is 6.80. The molecule has 1 aliphatic heterocycles. The number of nitriles is 1. The van der Waals surface area contributed by atoms with Gasteiger partial charge in [0, 0.05) is 24.8 Å². The lowest BCUT2D eigenvalue weighted by Crippen LogP contribution is -2.36. The van der Waals surface area contributed by atoms with Gasteiger partial charge in [0.15, 0.2) is 5.82 Å². The number of amides is 1. The summed E-state index contributed by atoms with van der Waals surface area (Å²) in [5, 5.41) is 19.2. The van der Waals surface area contributed by atoms with Crippen LogP contribution in [0.15, 0.2) is 36.7 Å². The first-order valence-corrected chi connectivity index (χ1v) is 9.48. The molecule has 1 amide bonds. The van der Waals surface area contributed by atoms with Gasteiger partial charge in [-0.05, 0) is 32.0 Å². The van der Waals surface area contributed by atoms with Crippen molar-refractivity contribution in [1.29, 1.82) is 5.26 Å². The number of carbonyl (C=O) groups is 1. The first-order valence-electron chi connectivity index (χ1n) is 9.48. The average molecular weight is 404 g/mol. The molecule has 152 valence electrons. The number of nitrogens with zero attached hydrogens (tertiary/aromatic N) is 8. The largest absolute Gasteiger partial charge is 0.334 e. The van der Waals surface area contributed by atoms with Gasteiger partial charge in [-0.2, -0.15) is 20.3 Å². The molecule has 3 aromatic rings. The zero-order valence-corrected chi connectivity index (χ0v) is 16.7. The number of benzene rings is 1. The van der Waals surface area contributed by atoms with E-state index in [4.69, 9.17) is 4.84 Å². The number of hydrogen-bond acceptors (Lipinski definition) is 8. The van der Waals surface area contributed by atoms with Gasteiger partial charge in [0.1, 0.15) is 5.82 Å². The van der Waals surface area contributed by atoms with Crippen molar-refractivity contribution in [2.75, 3.05) is 31.3 Å². The highest BCUT2D eigenvalue weighted by Gasteiger charge is 2.25. The summed E-state index contributed by atoms with van der Waals surface area (Å²) < 4.78 is 0. The summed E-state index contributed by atoms with van der Waals surface area (Å²) in [7, 11) is 0. The fraction of sp³-hybridized carbons (Fsp3) is 0.300. The minimum atomic E-state index is -0.208. The molecule has 0 bridgehead atoms. The minimum absolute atomic E-state index is 0.208. The van der Waals surface area contributed by atoms with Crippen molar-refractivity contribution in [3.05, 3.63) is 59.3 Å². The molecule has 3 heterocycles. The Balaban J connectivity index is 1.58. The van der Waals surface area contributed by atoms with E-state index in [2.05, 4.69) is 26.2 Å². The van der Waals surface area contributed by atoms with Gasteiger partial charge in [0.2, 0.25) is 0 Å². The summed E-state index contributed by atoms with van der Waals surface area (Å²) in [6.45, 7) is 5.34. The Labute approximate surface area is 173 Å². The van der Waals surface area contributed by atoms with Crippen molar-refractivity contribution < 1.29 is 9.63 Å². The van der Waals surface area contributed by atoms with Crippen molar-refractivity contribution >= 4 is 11.7 Å². The molecule has 0 atom stereocenters. The molecule has 10 heteroatoms. The molecule has 10 nitrogen and oxygen atoms in total. The topological polar surface area (TPSA) is 113 Å². The van der Waals surface area contributed by atoms with E-state index in [0.717, 1.165) is 5.69 Å². The third-order valence-electron chi connectivity index (χ3n) is 4.67. The molecule has 30 heavy (non-hydrogen) atoms. The van der Waals surface area contributed by atoms with Crippen LogP contribution < -0.4 is 5.06 Å². The number of anilines is 1. The van der Waals surface area contributed by atoms with Crippen molar-refractivity contribution in [3.63, 3.8) is 0 Å². The lowest BCUT2D eigenvalue weighted by molar-refractivity contribution is 0.0730. The van der Waals surface area contributed by atoms with E-state index < -0.39 is 0 Å². The molecule has 0 N–H and O–H groups in total. The van der Waals surface area contributed by atoms with Crippen molar-refractivity contribution in [2.45, 2.75) is 13.8 Å². The van der Waals surface area contributed by atoms with Gasteiger partial charge in [-0.3, -0.25) is 9.63 Å². The first-order chi connectivity index (χ1) is 14.5. The Morgan fingerprint density at radius 2 is 1.90 bits per heavy atom.